The molecular weight excluding hydrogens is 322 g/mol. The minimum atomic E-state index is 0.607. The van der Waals surface area contributed by atoms with Crippen LogP contribution >= 0.6 is 0 Å². The molecule has 2 atom stereocenters. The molecule has 2 saturated heterocycles. The number of hydrogen-bond donors (Lipinski definition) is 0. The molecule has 0 aromatic rings. The van der Waals surface area contributed by atoms with Crippen molar-refractivity contribution in [1.29, 1.82) is 0 Å². The van der Waals surface area contributed by atoms with E-state index < -0.39 is 0 Å². The van der Waals surface area contributed by atoms with Crippen LogP contribution in [0.4, 0.5) is 0 Å². The highest BCUT2D eigenvalue weighted by Gasteiger charge is 2.32. The van der Waals surface area contributed by atoms with Crippen LogP contribution in [0.15, 0.2) is 36.3 Å². The van der Waals surface area contributed by atoms with E-state index >= 15 is 0 Å². The molecule has 0 aromatic carbocycles. The minimum absolute atomic E-state index is 0.607. The second-order valence-electron chi connectivity index (χ2n) is 7.81. The summed E-state index contributed by atoms with van der Waals surface area (Å²) in [5.74, 6) is 3.56. The van der Waals surface area contributed by atoms with Crippen molar-refractivity contribution in [2.75, 3.05) is 27.3 Å². The zero-order valence-corrected chi connectivity index (χ0v) is 17.9. The van der Waals surface area contributed by atoms with Gasteiger partial charge in [-0.2, -0.15) is 0 Å². The predicted molar refractivity (Wildman–Crippen MR) is 112 cm³/mol. The Bertz CT molecular complexity index is 461. The van der Waals surface area contributed by atoms with Gasteiger partial charge in [-0.3, -0.25) is 4.90 Å². The molecule has 26 heavy (non-hydrogen) atoms. The van der Waals surface area contributed by atoms with E-state index in [0.29, 0.717) is 6.04 Å². The monoisotopic (exact) mass is 363 g/mol. The number of allylic oxidation sites excluding steroid dienone is 2. The van der Waals surface area contributed by atoms with Crippen LogP contribution in [0.5, 0.6) is 0 Å². The van der Waals surface area contributed by atoms with Crippen LogP contribution in [-0.4, -0.2) is 38.3 Å². The molecular formula is C23H41NO2. The molecule has 2 rings (SSSR count). The van der Waals surface area contributed by atoms with E-state index in [9.17, 15) is 0 Å². The lowest BCUT2D eigenvalue weighted by atomic mass is 9.84. The van der Waals surface area contributed by atoms with Gasteiger partial charge in [0.1, 0.15) is 5.76 Å². The molecule has 0 spiro atoms. The standard InChI is InChI=1S/C21H37NO2.C2H4/c1-6-20(23-4)21(24-5)14-18-9-7-8-12-22-15-17(13-16(2)3)10-11-19(18)22;1-2/h14,16-17,19H,6-13,15H2,1-5H3;1-2H2/b18-14+,21-20-;. The van der Waals surface area contributed by atoms with Crippen LogP contribution in [0.1, 0.15) is 65.7 Å². The van der Waals surface area contributed by atoms with Gasteiger partial charge in [0.15, 0.2) is 5.76 Å². The number of methoxy groups -OCH3 is 2. The Hall–Kier alpha value is -1.22. The second kappa shape index (κ2) is 12.2. The van der Waals surface area contributed by atoms with Crippen LogP contribution in [-0.2, 0) is 9.47 Å². The minimum Gasteiger partial charge on any atom is -0.497 e. The van der Waals surface area contributed by atoms with Gasteiger partial charge in [-0.1, -0.05) is 20.8 Å². The lowest BCUT2D eigenvalue weighted by Gasteiger charge is -2.40. The number of piperidine rings is 1. The van der Waals surface area contributed by atoms with Gasteiger partial charge < -0.3 is 9.47 Å². The Kier molecular flexibility index (Phi) is 10.7. The number of hydrogen-bond acceptors (Lipinski definition) is 3. The summed E-state index contributed by atoms with van der Waals surface area (Å²) in [7, 11) is 3.50. The molecule has 2 unspecified atom stereocenters. The molecule has 0 radical (unpaired) electrons. The molecule has 3 heteroatoms. The van der Waals surface area contributed by atoms with Crippen LogP contribution in [0.25, 0.3) is 0 Å². The van der Waals surface area contributed by atoms with Crippen LogP contribution in [0, 0.1) is 11.8 Å². The maximum atomic E-state index is 5.65. The summed E-state index contributed by atoms with van der Waals surface area (Å²) in [6.45, 7) is 15.4. The fourth-order valence-corrected chi connectivity index (χ4v) is 4.47. The summed E-state index contributed by atoms with van der Waals surface area (Å²) in [5, 5.41) is 0. The Morgan fingerprint density at radius 1 is 1.19 bits per heavy atom. The van der Waals surface area contributed by atoms with Crippen molar-refractivity contribution >= 4 is 0 Å². The van der Waals surface area contributed by atoms with Crippen LogP contribution in [0.3, 0.4) is 0 Å². The highest BCUT2D eigenvalue weighted by atomic mass is 16.5. The third-order valence-corrected chi connectivity index (χ3v) is 5.55. The molecule has 2 fully saturated rings. The first-order valence-electron chi connectivity index (χ1n) is 10.3. The Labute approximate surface area is 162 Å². The van der Waals surface area contributed by atoms with Gasteiger partial charge in [-0.05, 0) is 68.6 Å². The van der Waals surface area contributed by atoms with Crippen molar-refractivity contribution in [2.45, 2.75) is 71.8 Å². The van der Waals surface area contributed by atoms with Gasteiger partial charge in [-0.15, -0.1) is 13.2 Å². The molecule has 0 amide bonds. The molecule has 2 aliphatic rings. The highest BCUT2D eigenvalue weighted by molar-refractivity contribution is 5.26. The molecule has 0 N–H and O–H groups in total. The van der Waals surface area contributed by atoms with Crippen molar-refractivity contribution in [3.05, 3.63) is 36.3 Å². The van der Waals surface area contributed by atoms with Crippen molar-refractivity contribution in [2.24, 2.45) is 11.8 Å². The average molecular weight is 364 g/mol. The normalized spacial score (nSPS) is 26.3. The first-order chi connectivity index (χ1) is 12.6. The van der Waals surface area contributed by atoms with E-state index in [1.807, 2.05) is 0 Å². The molecule has 0 bridgehead atoms. The predicted octanol–water partition coefficient (Wildman–Crippen LogP) is 5.94. The largest absolute Gasteiger partial charge is 0.497 e. The zero-order chi connectivity index (χ0) is 19.5. The maximum Gasteiger partial charge on any atom is 0.156 e. The molecule has 2 heterocycles. The number of ether oxygens (including phenoxy) is 2. The smallest absolute Gasteiger partial charge is 0.156 e. The van der Waals surface area contributed by atoms with Crippen molar-refractivity contribution in [3.8, 4) is 0 Å². The van der Waals surface area contributed by atoms with Gasteiger partial charge in [0.05, 0.1) is 14.2 Å². The van der Waals surface area contributed by atoms with Gasteiger partial charge in [0.2, 0.25) is 0 Å². The van der Waals surface area contributed by atoms with E-state index in [1.54, 1.807) is 19.8 Å². The summed E-state index contributed by atoms with van der Waals surface area (Å²) in [5.41, 5.74) is 1.55. The van der Waals surface area contributed by atoms with Crippen LogP contribution < -0.4 is 0 Å². The van der Waals surface area contributed by atoms with E-state index in [2.05, 4.69) is 44.9 Å². The van der Waals surface area contributed by atoms with Crippen molar-refractivity contribution in [1.82, 2.24) is 4.90 Å². The number of fused-ring (bicyclic) bond motifs is 1. The quantitative estimate of drug-likeness (QED) is 0.430. The SMILES string of the molecule is C=C.CC/C(OC)=C(\C=C1/CCCCN2CC(CC(C)C)CCC12)OC. The highest BCUT2D eigenvalue weighted by Crippen LogP contribution is 2.35. The first kappa shape index (κ1) is 22.8. The summed E-state index contributed by atoms with van der Waals surface area (Å²) < 4.78 is 11.2. The van der Waals surface area contributed by atoms with Gasteiger partial charge in [-0.25, -0.2) is 0 Å². The van der Waals surface area contributed by atoms with E-state index in [-0.39, 0.29) is 0 Å². The fraction of sp³-hybridized carbons (Fsp3) is 0.739. The number of rotatable bonds is 6. The van der Waals surface area contributed by atoms with Crippen molar-refractivity contribution < 1.29 is 9.47 Å². The molecule has 2 aliphatic heterocycles. The summed E-state index contributed by atoms with van der Waals surface area (Å²) >= 11 is 0. The summed E-state index contributed by atoms with van der Waals surface area (Å²) in [6.07, 6.45) is 11.0. The van der Waals surface area contributed by atoms with E-state index in [4.69, 9.17) is 9.47 Å². The molecule has 0 aromatic heterocycles. The Morgan fingerprint density at radius 3 is 2.50 bits per heavy atom. The molecule has 0 aliphatic carbocycles. The lowest BCUT2D eigenvalue weighted by Crippen LogP contribution is -2.44. The molecule has 0 saturated carbocycles. The van der Waals surface area contributed by atoms with Gasteiger partial charge in [0.25, 0.3) is 0 Å². The van der Waals surface area contributed by atoms with E-state index in [1.165, 1.54) is 51.6 Å². The third kappa shape index (κ3) is 6.50. The van der Waals surface area contributed by atoms with Gasteiger partial charge >= 0.3 is 0 Å². The Morgan fingerprint density at radius 2 is 1.92 bits per heavy atom. The first-order valence-corrected chi connectivity index (χ1v) is 10.3. The summed E-state index contributed by atoms with van der Waals surface area (Å²) in [4.78, 5) is 2.75. The zero-order valence-electron chi connectivity index (χ0n) is 17.9. The molecule has 150 valence electrons. The third-order valence-electron chi connectivity index (χ3n) is 5.55. The second-order valence-corrected chi connectivity index (χ2v) is 7.81. The van der Waals surface area contributed by atoms with E-state index in [0.717, 1.165) is 29.8 Å². The average Bonchev–Trinajstić information content (AvgIpc) is 2.84. The summed E-state index contributed by atoms with van der Waals surface area (Å²) in [6, 6.07) is 0.607. The fourth-order valence-electron chi connectivity index (χ4n) is 4.47. The van der Waals surface area contributed by atoms with Crippen molar-refractivity contribution in [3.63, 3.8) is 0 Å². The lowest BCUT2D eigenvalue weighted by molar-refractivity contribution is 0.120. The van der Waals surface area contributed by atoms with Gasteiger partial charge in [0, 0.05) is 19.0 Å². The topological polar surface area (TPSA) is 21.7 Å². The maximum absolute atomic E-state index is 5.65. The van der Waals surface area contributed by atoms with Crippen LogP contribution in [0.2, 0.25) is 0 Å². The number of nitrogens with zero attached hydrogens (tertiary/aromatic N) is 1. The molecule has 3 nitrogen and oxygen atoms in total. The Balaban J connectivity index is 0.00000163.